The van der Waals surface area contributed by atoms with Crippen molar-refractivity contribution in [3.63, 3.8) is 0 Å². The highest BCUT2D eigenvalue weighted by Gasteiger charge is 2.23. The van der Waals surface area contributed by atoms with Crippen LogP contribution in [0.3, 0.4) is 0 Å². The van der Waals surface area contributed by atoms with E-state index in [2.05, 4.69) is 32.3 Å². The lowest BCUT2D eigenvalue weighted by atomic mass is 10.1. The second-order valence-corrected chi connectivity index (χ2v) is 8.08. The number of piperidine rings is 1. The number of primary amides is 1. The summed E-state index contributed by atoms with van der Waals surface area (Å²) in [6.07, 6.45) is 7.80. The highest BCUT2D eigenvalue weighted by atomic mass is 16.5. The molecule has 0 unspecified atom stereocenters. The summed E-state index contributed by atoms with van der Waals surface area (Å²) < 4.78 is 12.7. The van der Waals surface area contributed by atoms with E-state index in [0.29, 0.717) is 36.0 Å². The summed E-state index contributed by atoms with van der Waals surface area (Å²) in [5.74, 6) is 0.687. The van der Waals surface area contributed by atoms with Crippen molar-refractivity contribution in [3.05, 3.63) is 55.0 Å². The third kappa shape index (κ3) is 5.22. The number of para-hydroxylation sites is 1. The Hall–Kier alpha value is -4.61. The topological polar surface area (TPSA) is 150 Å². The number of hydrogen-bond acceptors (Lipinski definition) is 9. The first-order chi connectivity index (χ1) is 17.4. The van der Waals surface area contributed by atoms with Gasteiger partial charge in [-0.25, -0.2) is 4.98 Å². The SMILES string of the molecule is C=CC(=O)N1CCC(n2cc(Nc3ncc(C(N)=O)c(Nc4c(OC)cccc4OC)n3)cn2)CC1. The maximum atomic E-state index is 12.0. The lowest BCUT2D eigenvalue weighted by Gasteiger charge is -2.31. The molecule has 0 aliphatic carbocycles. The number of carbonyl (C=O) groups is 2. The van der Waals surface area contributed by atoms with Crippen molar-refractivity contribution < 1.29 is 19.1 Å². The Morgan fingerprint density at radius 2 is 1.83 bits per heavy atom. The fourth-order valence-electron chi connectivity index (χ4n) is 4.02. The van der Waals surface area contributed by atoms with Crippen molar-refractivity contribution in [3.8, 4) is 11.5 Å². The maximum Gasteiger partial charge on any atom is 0.254 e. The Kier molecular flexibility index (Phi) is 7.33. The van der Waals surface area contributed by atoms with Crippen LogP contribution < -0.4 is 25.8 Å². The quantitative estimate of drug-likeness (QED) is 0.383. The summed E-state index contributed by atoms with van der Waals surface area (Å²) in [4.78, 5) is 34.3. The normalized spacial score (nSPS) is 13.7. The third-order valence-electron chi connectivity index (χ3n) is 5.91. The standard InChI is InChI=1S/C24H28N8O4/c1-4-20(33)31-10-8-16(9-11-31)32-14-15(12-27-32)28-24-26-13-17(22(25)34)23(30-24)29-21-18(35-2)6-5-7-19(21)36-3/h4-7,12-14,16H,1,8-11H2,2-3H3,(H2,25,34)(H2,26,28,29,30). The minimum absolute atomic E-state index is 0.0528. The average Bonchev–Trinajstić information content (AvgIpc) is 3.36. The first-order valence-electron chi connectivity index (χ1n) is 11.3. The van der Waals surface area contributed by atoms with Gasteiger partial charge in [0.2, 0.25) is 11.9 Å². The van der Waals surface area contributed by atoms with Gasteiger partial charge < -0.3 is 30.7 Å². The molecule has 0 saturated carbocycles. The molecule has 1 fully saturated rings. The molecule has 2 aromatic heterocycles. The Labute approximate surface area is 208 Å². The zero-order valence-corrected chi connectivity index (χ0v) is 20.1. The number of rotatable bonds is 9. The number of hydrogen-bond donors (Lipinski definition) is 3. The predicted octanol–water partition coefficient (Wildman–Crippen LogP) is 2.63. The van der Waals surface area contributed by atoms with Gasteiger partial charge >= 0.3 is 0 Å². The molecule has 1 saturated heterocycles. The molecule has 0 bridgehead atoms. The Balaban J connectivity index is 1.53. The van der Waals surface area contributed by atoms with E-state index in [-0.39, 0.29) is 29.3 Å². The third-order valence-corrected chi connectivity index (χ3v) is 5.91. The number of nitrogens with two attached hydrogens (primary N) is 1. The highest BCUT2D eigenvalue weighted by molar-refractivity contribution is 5.98. The number of nitrogens with one attached hydrogen (secondary N) is 2. The maximum absolute atomic E-state index is 12.0. The van der Waals surface area contributed by atoms with E-state index in [1.54, 1.807) is 29.3 Å². The summed E-state index contributed by atoms with van der Waals surface area (Å²) in [6.45, 7) is 4.85. The van der Waals surface area contributed by atoms with Gasteiger partial charge in [-0.05, 0) is 31.1 Å². The number of likely N-dealkylation sites (tertiary alicyclic amines) is 1. The van der Waals surface area contributed by atoms with Crippen molar-refractivity contribution >= 4 is 35.0 Å². The zero-order valence-electron chi connectivity index (χ0n) is 20.1. The van der Waals surface area contributed by atoms with E-state index in [1.165, 1.54) is 26.5 Å². The first-order valence-corrected chi connectivity index (χ1v) is 11.3. The molecule has 0 spiro atoms. The Morgan fingerprint density at radius 1 is 1.14 bits per heavy atom. The van der Waals surface area contributed by atoms with Gasteiger partial charge in [-0.2, -0.15) is 10.1 Å². The van der Waals surface area contributed by atoms with Crippen LogP contribution in [-0.2, 0) is 4.79 Å². The van der Waals surface area contributed by atoms with Gasteiger partial charge in [-0.15, -0.1) is 0 Å². The molecular formula is C24H28N8O4. The molecule has 1 aliphatic rings. The molecule has 36 heavy (non-hydrogen) atoms. The van der Waals surface area contributed by atoms with Gasteiger partial charge in [0.1, 0.15) is 28.6 Å². The van der Waals surface area contributed by atoms with Crippen LogP contribution in [0.4, 0.5) is 23.1 Å². The number of ether oxygens (including phenoxy) is 2. The molecule has 0 radical (unpaired) electrons. The van der Waals surface area contributed by atoms with Crippen LogP contribution in [0.2, 0.25) is 0 Å². The van der Waals surface area contributed by atoms with E-state index in [0.717, 1.165) is 12.8 Å². The number of benzene rings is 1. The van der Waals surface area contributed by atoms with Gasteiger partial charge in [0.25, 0.3) is 5.91 Å². The van der Waals surface area contributed by atoms with Gasteiger partial charge in [0.15, 0.2) is 0 Å². The fraction of sp³-hybridized carbons (Fsp3) is 0.292. The van der Waals surface area contributed by atoms with Crippen LogP contribution in [0.5, 0.6) is 11.5 Å². The lowest BCUT2D eigenvalue weighted by molar-refractivity contribution is -0.127. The second-order valence-electron chi connectivity index (χ2n) is 8.08. The molecule has 4 rings (SSSR count). The average molecular weight is 493 g/mol. The monoisotopic (exact) mass is 492 g/mol. The Bertz CT molecular complexity index is 1240. The summed E-state index contributed by atoms with van der Waals surface area (Å²) in [7, 11) is 3.06. The van der Waals surface area contributed by atoms with E-state index in [1.807, 2.05) is 10.9 Å². The molecular weight excluding hydrogens is 464 g/mol. The summed E-state index contributed by atoms with van der Waals surface area (Å²) in [6, 6.07) is 5.45. The van der Waals surface area contributed by atoms with Gasteiger partial charge in [-0.3, -0.25) is 14.3 Å². The molecule has 12 heteroatoms. The van der Waals surface area contributed by atoms with Gasteiger partial charge in [0, 0.05) is 25.5 Å². The van der Waals surface area contributed by atoms with Crippen LogP contribution in [-0.4, -0.2) is 63.8 Å². The molecule has 12 nitrogen and oxygen atoms in total. The zero-order chi connectivity index (χ0) is 25.7. The van der Waals surface area contributed by atoms with Crippen molar-refractivity contribution in [2.45, 2.75) is 18.9 Å². The molecule has 4 N–H and O–H groups in total. The number of anilines is 4. The predicted molar refractivity (Wildman–Crippen MR) is 134 cm³/mol. The fourth-order valence-corrected chi connectivity index (χ4v) is 4.02. The second kappa shape index (κ2) is 10.8. The van der Waals surface area contributed by atoms with Crippen molar-refractivity contribution in [1.82, 2.24) is 24.6 Å². The number of methoxy groups -OCH3 is 2. The van der Waals surface area contributed by atoms with E-state index in [9.17, 15) is 9.59 Å². The van der Waals surface area contributed by atoms with Gasteiger partial charge in [-0.1, -0.05) is 12.6 Å². The lowest BCUT2D eigenvalue weighted by Crippen LogP contribution is -2.38. The summed E-state index contributed by atoms with van der Waals surface area (Å²) >= 11 is 0. The number of nitrogens with zero attached hydrogens (tertiary/aromatic N) is 5. The van der Waals surface area contributed by atoms with Crippen LogP contribution in [0.1, 0.15) is 29.2 Å². The Morgan fingerprint density at radius 3 is 2.44 bits per heavy atom. The first kappa shape index (κ1) is 24.5. The smallest absolute Gasteiger partial charge is 0.254 e. The minimum Gasteiger partial charge on any atom is -0.494 e. The molecule has 1 aromatic carbocycles. The molecule has 188 valence electrons. The number of amides is 2. The molecule has 1 aliphatic heterocycles. The van der Waals surface area contributed by atoms with E-state index in [4.69, 9.17) is 15.2 Å². The van der Waals surface area contributed by atoms with E-state index < -0.39 is 5.91 Å². The molecule has 2 amide bonds. The number of carbonyl (C=O) groups excluding carboxylic acids is 2. The molecule has 3 heterocycles. The van der Waals surface area contributed by atoms with Crippen LogP contribution in [0.15, 0.2) is 49.4 Å². The van der Waals surface area contributed by atoms with Crippen LogP contribution in [0, 0.1) is 0 Å². The van der Waals surface area contributed by atoms with Crippen LogP contribution in [0.25, 0.3) is 0 Å². The van der Waals surface area contributed by atoms with Crippen molar-refractivity contribution in [1.29, 1.82) is 0 Å². The number of aromatic nitrogens is 4. The summed E-state index contributed by atoms with van der Waals surface area (Å²) in [5.41, 5.74) is 6.81. The molecule has 3 aromatic rings. The highest BCUT2D eigenvalue weighted by Crippen LogP contribution is 2.37. The van der Waals surface area contributed by atoms with Crippen LogP contribution >= 0.6 is 0 Å². The summed E-state index contributed by atoms with van der Waals surface area (Å²) in [5, 5.41) is 10.7. The van der Waals surface area contributed by atoms with Crippen molar-refractivity contribution in [2.24, 2.45) is 5.73 Å². The van der Waals surface area contributed by atoms with Gasteiger partial charge in [0.05, 0.1) is 32.1 Å². The molecule has 0 atom stereocenters. The largest absolute Gasteiger partial charge is 0.494 e. The van der Waals surface area contributed by atoms with E-state index >= 15 is 0 Å². The minimum atomic E-state index is -0.688. The van der Waals surface area contributed by atoms with Crippen molar-refractivity contribution in [2.75, 3.05) is 37.9 Å².